The van der Waals surface area contributed by atoms with Crippen molar-refractivity contribution >= 4 is 35.0 Å². The van der Waals surface area contributed by atoms with E-state index in [1.165, 1.54) is 0 Å². The van der Waals surface area contributed by atoms with Gasteiger partial charge in [0, 0.05) is 21.2 Å². The van der Waals surface area contributed by atoms with Crippen molar-refractivity contribution in [2.75, 3.05) is 6.26 Å². The van der Waals surface area contributed by atoms with E-state index < -0.39 is 6.04 Å². The number of benzene rings is 2. The molecule has 172 valence electrons. The Morgan fingerprint density at radius 2 is 1.88 bits per heavy atom. The van der Waals surface area contributed by atoms with Gasteiger partial charge in [0.25, 0.3) is 5.89 Å². The maximum atomic E-state index is 13.1. The van der Waals surface area contributed by atoms with Crippen LogP contribution in [-0.4, -0.2) is 27.3 Å². The molecule has 2 amide bonds. The first-order valence-corrected chi connectivity index (χ1v) is 12.2. The molecule has 0 saturated carbocycles. The van der Waals surface area contributed by atoms with Crippen molar-refractivity contribution in [1.29, 1.82) is 0 Å². The summed E-state index contributed by atoms with van der Waals surface area (Å²) in [5.41, 5.74) is 3.15. The molecule has 7 nitrogen and oxygen atoms in total. The number of carbonyl (C=O) groups is 1. The molecule has 2 aromatic carbocycles. The zero-order valence-corrected chi connectivity index (χ0v) is 20.1. The number of carbonyl (C=O) groups excluding carboxylic acids is 1. The number of halogens is 1. The van der Waals surface area contributed by atoms with Crippen LogP contribution in [0.2, 0.25) is 5.02 Å². The molecule has 34 heavy (non-hydrogen) atoms. The minimum absolute atomic E-state index is 0.228. The third-order valence-corrected chi connectivity index (χ3v) is 6.69. The Balaban J connectivity index is 1.58. The molecule has 4 aromatic rings. The summed E-state index contributed by atoms with van der Waals surface area (Å²) in [4.78, 5) is 20.5. The molecular formula is C25H21ClN4O3S. The second-order valence-corrected chi connectivity index (χ2v) is 9.07. The van der Waals surface area contributed by atoms with Crippen LogP contribution < -0.4 is 5.32 Å². The van der Waals surface area contributed by atoms with Gasteiger partial charge >= 0.3 is 6.03 Å². The van der Waals surface area contributed by atoms with Crippen molar-refractivity contribution in [3.8, 4) is 11.4 Å². The largest absolute Gasteiger partial charge is 0.467 e. The molecule has 1 aliphatic rings. The maximum absolute atomic E-state index is 13.1. The third-order valence-electron chi connectivity index (χ3n) is 5.70. The van der Waals surface area contributed by atoms with Crippen molar-refractivity contribution in [2.24, 2.45) is 0 Å². The fourth-order valence-electron chi connectivity index (χ4n) is 3.90. The Labute approximate surface area is 205 Å². The molecule has 0 spiro atoms. The van der Waals surface area contributed by atoms with Gasteiger partial charge in [0.1, 0.15) is 5.76 Å². The molecule has 1 aliphatic heterocycles. The molecule has 0 radical (unpaired) electrons. The first-order valence-electron chi connectivity index (χ1n) is 10.6. The van der Waals surface area contributed by atoms with E-state index >= 15 is 0 Å². The number of urea groups is 1. The average Bonchev–Trinajstić information content (AvgIpc) is 3.54. The van der Waals surface area contributed by atoms with Gasteiger partial charge in [0.2, 0.25) is 5.82 Å². The van der Waals surface area contributed by atoms with Gasteiger partial charge in [-0.1, -0.05) is 28.9 Å². The molecule has 0 aliphatic carbocycles. The summed E-state index contributed by atoms with van der Waals surface area (Å²) in [6, 6.07) is 18.2. The average molecular weight is 493 g/mol. The molecule has 1 unspecified atom stereocenters. The van der Waals surface area contributed by atoms with E-state index in [4.69, 9.17) is 20.5 Å². The monoisotopic (exact) mass is 492 g/mol. The molecule has 3 heterocycles. The van der Waals surface area contributed by atoms with Gasteiger partial charge in [-0.2, -0.15) is 4.98 Å². The Morgan fingerprint density at radius 3 is 2.56 bits per heavy atom. The fourth-order valence-corrected chi connectivity index (χ4v) is 4.44. The minimum Gasteiger partial charge on any atom is -0.467 e. The zero-order chi connectivity index (χ0) is 23.7. The summed E-state index contributed by atoms with van der Waals surface area (Å²) < 4.78 is 11.2. The normalized spacial score (nSPS) is 16.1. The maximum Gasteiger partial charge on any atom is 0.322 e. The van der Waals surface area contributed by atoms with E-state index in [1.54, 1.807) is 41.1 Å². The second-order valence-electron chi connectivity index (χ2n) is 7.75. The van der Waals surface area contributed by atoms with E-state index in [1.807, 2.05) is 55.6 Å². The van der Waals surface area contributed by atoms with Crippen molar-refractivity contribution in [3.05, 3.63) is 94.9 Å². The topological polar surface area (TPSA) is 84.4 Å². The van der Waals surface area contributed by atoms with E-state index in [-0.39, 0.29) is 12.6 Å². The molecule has 5 rings (SSSR count). The number of aromatic nitrogens is 2. The summed E-state index contributed by atoms with van der Waals surface area (Å²) in [6.07, 6.45) is 3.61. The third kappa shape index (κ3) is 4.34. The summed E-state index contributed by atoms with van der Waals surface area (Å²) in [5.74, 6) is 1.45. The van der Waals surface area contributed by atoms with Crippen molar-refractivity contribution in [3.63, 3.8) is 0 Å². The molecule has 0 saturated heterocycles. The van der Waals surface area contributed by atoms with Gasteiger partial charge in [-0.05, 0) is 67.3 Å². The van der Waals surface area contributed by atoms with Crippen LogP contribution in [0.15, 0.2) is 86.5 Å². The number of nitrogens with zero attached hydrogens (tertiary/aromatic N) is 3. The highest BCUT2D eigenvalue weighted by molar-refractivity contribution is 7.98. The second kappa shape index (κ2) is 9.40. The van der Waals surface area contributed by atoms with Crippen LogP contribution in [0.3, 0.4) is 0 Å². The Morgan fingerprint density at radius 1 is 1.12 bits per heavy atom. The van der Waals surface area contributed by atoms with E-state index in [0.29, 0.717) is 28.2 Å². The predicted molar refractivity (Wildman–Crippen MR) is 131 cm³/mol. The Hall–Kier alpha value is -3.49. The highest BCUT2D eigenvalue weighted by Gasteiger charge is 2.36. The van der Waals surface area contributed by atoms with Gasteiger partial charge in [0.05, 0.1) is 24.4 Å². The lowest BCUT2D eigenvalue weighted by molar-refractivity contribution is 0.199. The number of hydrogen-bond acceptors (Lipinski definition) is 6. The molecule has 2 aromatic heterocycles. The number of nitrogens with one attached hydrogen (secondary N) is 1. The highest BCUT2D eigenvalue weighted by Crippen LogP contribution is 2.38. The fraction of sp³-hybridized carbons (Fsp3) is 0.160. The number of allylic oxidation sites excluding steroid dienone is 1. The SMILES string of the molecule is CSc1ccc(C2NC(=O)N(Cc3ccco3)C(C)=C2c2nc(-c3ccc(Cl)cc3)no2)cc1. The van der Waals surface area contributed by atoms with Crippen molar-refractivity contribution < 1.29 is 13.7 Å². The van der Waals surface area contributed by atoms with Crippen molar-refractivity contribution in [2.45, 2.75) is 24.4 Å². The number of furan rings is 1. The molecule has 1 N–H and O–H groups in total. The van der Waals surface area contributed by atoms with Gasteiger partial charge in [-0.15, -0.1) is 11.8 Å². The molecule has 9 heteroatoms. The lowest BCUT2D eigenvalue weighted by atomic mass is 9.94. The number of rotatable bonds is 6. The van der Waals surface area contributed by atoms with Gasteiger partial charge in [-0.3, -0.25) is 4.90 Å². The lowest BCUT2D eigenvalue weighted by Crippen LogP contribution is -2.45. The van der Waals surface area contributed by atoms with E-state index in [2.05, 4.69) is 15.5 Å². The smallest absolute Gasteiger partial charge is 0.322 e. The summed E-state index contributed by atoms with van der Waals surface area (Å²) >= 11 is 7.67. The van der Waals surface area contributed by atoms with Crippen LogP contribution in [-0.2, 0) is 6.54 Å². The highest BCUT2D eigenvalue weighted by atomic mass is 35.5. The zero-order valence-electron chi connectivity index (χ0n) is 18.5. The molecule has 0 fully saturated rings. The first kappa shape index (κ1) is 22.3. The van der Waals surface area contributed by atoms with Crippen molar-refractivity contribution in [1.82, 2.24) is 20.4 Å². The van der Waals surface area contributed by atoms with Crippen LogP contribution in [0.1, 0.15) is 30.2 Å². The van der Waals surface area contributed by atoms with Crippen LogP contribution in [0.4, 0.5) is 4.79 Å². The standard InChI is InChI=1S/C25H21ClN4O3S/c1-15-21(24-28-23(29-33-24)17-5-9-18(26)10-6-17)22(16-7-11-20(34-2)12-8-16)27-25(31)30(15)14-19-4-3-13-32-19/h3-13,22H,14H2,1-2H3,(H,27,31). The quantitative estimate of drug-likeness (QED) is 0.313. The number of thioether (sulfide) groups is 1. The predicted octanol–water partition coefficient (Wildman–Crippen LogP) is 6.40. The summed E-state index contributed by atoms with van der Waals surface area (Å²) in [7, 11) is 0. The van der Waals surface area contributed by atoms with E-state index in [9.17, 15) is 4.79 Å². The lowest BCUT2D eigenvalue weighted by Gasteiger charge is -2.34. The summed E-state index contributed by atoms with van der Waals surface area (Å²) in [6.45, 7) is 2.16. The minimum atomic E-state index is -0.449. The van der Waals surface area contributed by atoms with Crippen LogP contribution in [0.5, 0.6) is 0 Å². The van der Waals surface area contributed by atoms with Gasteiger partial charge in [0.15, 0.2) is 0 Å². The molecule has 0 bridgehead atoms. The van der Waals surface area contributed by atoms with E-state index in [0.717, 1.165) is 21.6 Å². The van der Waals surface area contributed by atoms with Gasteiger partial charge in [-0.25, -0.2) is 4.79 Å². The number of amides is 2. The van der Waals surface area contributed by atoms with Crippen LogP contribution in [0, 0.1) is 0 Å². The number of hydrogen-bond donors (Lipinski definition) is 1. The molecule has 1 atom stereocenters. The Kier molecular flexibility index (Phi) is 6.17. The Bertz CT molecular complexity index is 1330. The first-order chi connectivity index (χ1) is 16.5. The molecular weight excluding hydrogens is 472 g/mol. The van der Waals surface area contributed by atoms with Crippen LogP contribution >= 0.6 is 23.4 Å². The van der Waals surface area contributed by atoms with Gasteiger partial charge < -0.3 is 14.3 Å². The van der Waals surface area contributed by atoms with Crippen LogP contribution in [0.25, 0.3) is 17.0 Å². The summed E-state index contributed by atoms with van der Waals surface area (Å²) in [5, 5.41) is 7.92.